The van der Waals surface area contributed by atoms with Crippen molar-refractivity contribution in [3.05, 3.63) is 23.2 Å². The van der Waals surface area contributed by atoms with Crippen molar-refractivity contribution in [3.8, 4) is 0 Å². The van der Waals surface area contributed by atoms with Crippen molar-refractivity contribution < 1.29 is 28.2 Å². The van der Waals surface area contributed by atoms with Gasteiger partial charge in [0.2, 0.25) is 0 Å². The second-order valence-electron chi connectivity index (χ2n) is 5.68. The highest BCUT2D eigenvalue weighted by molar-refractivity contribution is 5.90. The molecule has 0 saturated carbocycles. The van der Waals surface area contributed by atoms with E-state index in [4.69, 9.17) is 18.6 Å². The van der Waals surface area contributed by atoms with Gasteiger partial charge in [-0.2, -0.15) is 0 Å². The fraction of sp³-hybridized carbons (Fsp3) is 0.600. The van der Waals surface area contributed by atoms with Crippen LogP contribution in [0, 0.1) is 6.92 Å². The van der Waals surface area contributed by atoms with E-state index in [0.717, 1.165) is 0 Å². The number of Topliss-reactive ketones (excluding diaryl/α,β-unsaturated/α-hetero) is 1. The zero-order chi connectivity index (χ0) is 15.8. The minimum absolute atomic E-state index is 0.0117. The third kappa shape index (κ3) is 3.16. The first-order valence-corrected chi connectivity index (χ1v) is 6.76. The molecule has 0 aliphatic carbocycles. The molecule has 0 spiro atoms. The molecule has 1 aromatic rings. The lowest BCUT2D eigenvalue weighted by molar-refractivity contribution is -0.130. The lowest BCUT2D eigenvalue weighted by Crippen LogP contribution is -2.26. The molecule has 6 heteroatoms. The van der Waals surface area contributed by atoms with Crippen LogP contribution < -0.4 is 0 Å². The molecule has 1 aromatic heterocycles. The van der Waals surface area contributed by atoms with Crippen LogP contribution in [0.5, 0.6) is 0 Å². The molecule has 0 aromatic carbocycles. The number of carbonyl (C=O) groups excluding carboxylic acids is 2. The van der Waals surface area contributed by atoms with Crippen LogP contribution in [0.4, 0.5) is 0 Å². The van der Waals surface area contributed by atoms with Crippen molar-refractivity contribution in [2.45, 2.75) is 52.1 Å². The lowest BCUT2D eigenvalue weighted by atomic mass is 9.99. The third-order valence-electron chi connectivity index (χ3n) is 3.41. The Bertz CT molecular complexity index is 557. The summed E-state index contributed by atoms with van der Waals surface area (Å²) < 4.78 is 21.8. The zero-order valence-corrected chi connectivity index (χ0v) is 12.9. The van der Waals surface area contributed by atoms with Crippen LogP contribution in [0.15, 0.2) is 10.5 Å². The standard InChI is InChI=1S/C15H20O6/c1-8(16)6-12-20-13(15(3,4)21-12)11-7-10(9(2)19-11)14(17)18-5/h7,12-13H,6H2,1-5H3. The SMILES string of the molecule is COC(=O)c1cc(C2OC(CC(C)=O)OC2(C)C)oc1C. The smallest absolute Gasteiger partial charge is 0.341 e. The molecular formula is C15H20O6. The van der Waals surface area contributed by atoms with Crippen molar-refractivity contribution in [3.63, 3.8) is 0 Å². The molecule has 2 atom stereocenters. The molecule has 1 saturated heterocycles. The van der Waals surface area contributed by atoms with Gasteiger partial charge in [-0.25, -0.2) is 4.79 Å². The van der Waals surface area contributed by atoms with Crippen LogP contribution in [-0.4, -0.2) is 30.8 Å². The first kappa shape index (κ1) is 15.7. The topological polar surface area (TPSA) is 75.0 Å². The molecule has 0 amide bonds. The number of ether oxygens (including phenoxy) is 3. The minimum atomic E-state index is -0.655. The molecule has 2 heterocycles. The van der Waals surface area contributed by atoms with E-state index in [0.29, 0.717) is 17.1 Å². The molecule has 116 valence electrons. The summed E-state index contributed by atoms with van der Waals surface area (Å²) in [6, 6.07) is 1.60. The van der Waals surface area contributed by atoms with Crippen LogP contribution in [-0.2, 0) is 19.0 Å². The van der Waals surface area contributed by atoms with Gasteiger partial charge >= 0.3 is 5.97 Å². The Labute approximate surface area is 123 Å². The van der Waals surface area contributed by atoms with Gasteiger partial charge in [-0.1, -0.05) is 0 Å². The second-order valence-corrected chi connectivity index (χ2v) is 5.68. The molecule has 21 heavy (non-hydrogen) atoms. The summed E-state index contributed by atoms with van der Waals surface area (Å²) in [5.74, 6) is 0.483. The molecule has 0 N–H and O–H groups in total. The van der Waals surface area contributed by atoms with Crippen LogP contribution in [0.3, 0.4) is 0 Å². The maximum atomic E-state index is 11.6. The molecule has 2 rings (SSSR count). The Hall–Kier alpha value is -1.66. The summed E-state index contributed by atoms with van der Waals surface area (Å²) in [4.78, 5) is 22.8. The molecular weight excluding hydrogens is 276 g/mol. The Morgan fingerprint density at radius 1 is 1.38 bits per heavy atom. The van der Waals surface area contributed by atoms with Crippen molar-refractivity contribution in [2.75, 3.05) is 7.11 Å². The van der Waals surface area contributed by atoms with Crippen LogP contribution in [0.25, 0.3) is 0 Å². The largest absolute Gasteiger partial charge is 0.465 e. The number of rotatable bonds is 4. The van der Waals surface area contributed by atoms with Crippen molar-refractivity contribution in [2.24, 2.45) is 0 Å². The zero-order valence-electron chi connectivity index (χ0n) is 12.9. The molecule has 2 unspecified atom stereocenters. The summed E-state index contributed by atoms with van der Waals surface area (Å²) in [6.45, 7) is 6.88. The Kier molecular flexibility index (Phi) is 4.20. The molecule has 1 aliphatic rings. The van der Waals surface area contributed by atoms with Gasteiger partial charge in [0.25, 0.3) is 0 Å². The van der Waals surface area contributed by atoms with Crippen LogP contribution in [0.2, 0.25) is 0 Å². The van der Waals surface area contributed by atoms with Gasteiger partial charge in [0.05, 0.1) is 19.1 Å². The van der Waals surface area contributed by atoms with E-state index >= 15 is 0 Å². The van der Waals surface area contributed by atoms with Crippen molar-refractivity contribution in [1.29, 1.82) is 0 Å². The minimum Gasteiger partial charge on any atom is -0.465 e. The highest BCUT2D eigenvalue weighted by atomic mass is 16.7. The van der Waals surface area contributed by atoms with E-state index in [1.165, 1.54) is 14.0 Å². The Morgan fingerprint density at radius 2 is 2.05 bits per heavy atom. The average molecular weight is 296 g/mol. The predicted molar refractivity (Wildman–Crippen MR) is 72.9 cm³/mol. The number of ketones is 1. The summed E-state index contributed by atoms with van der Waals surface area (Å²) in [6.07, 6.45) is -0.905. The number of hydrogen-bond acceptors (Lipinski definition) is 6. The fourth-order valence-electron chi connectivity index (χ4n) is 2.43. The number of esters is 1. The van der Waals surface area contributed by atoms with E-state index in [2.05, 4.69) is 0 Å². The molecule has 0 radical (unpaired) electrons. The highest BCUT2D eigenvalue weighted by Gasteiger charge is 2.46. The van der Waals surface area contributed by atoms with Crippen LogP contribution in [0.1, 0.15) is 55.2 Å². The van der Waals surface area contributed by atoms with Gasteiger partial charge in [0.15, 0.2) is 6.29 Å². The number of carbonyl (C=O) groups is 2. The maximum Gasteiger partial charge on any atom is 0.341 e. The van der Waals surface area contributed by atoms with Crippen molar-refractivity contribution in [1.82, 2.24) is 0 Å². The number of furan rings is 1. The van der Waals surface area contributed by atoms with E-state index in [1.54, 1.807) is 13.0 Å². The van der Waals surface area contributed by atoms with Gasteiger partial charge in [-0.15, -0.1) is 0 Å². The monoisotopic (exact) mass is 296 g/mol. The first-order valence-electron chi connectivity index (χ1n) is 6.76. The number of hydrogen-bond donors (Lipinski definition) is 0. The summed E-state index contributed by atoms with van der Waals surface area (Å²) in [7, 11) is 1.32. The van der Waals surface area contributed by atoms with E-state index in [1.807, 2.05) is 13.8 Å². The average Bonchev–Trinajstić information content (AvgIpc) is 2.87. The highest BCUT2D eigenvalue weighted by Crippen LogP contribution is 2.42. The van der Waals surface area contributed by atoms with Gasteiger partial charge in [0.1, 0.15) is 29.0 Å². The van der Waals surface area contributed by atoms with Gasteiger partial charge in [-0.05, 0) is 33.8 Å². The first-order chi connectivity index (χ1) is 9.74. The normalized spacial score (nSPS) is 24.0. The number of methoxy groups -OCH3 is 1. The Balaban J connectivity index is 2.25. The van der Waals surface area contributed by atoms with Gasteiger partial charge < -0.3 is 18.6 Å². The fourth-order valence-corrected chi connectivity index (χ4v) is 2.43. The summed E-state index contributed by atoms with van der Waals surface area (Å²) in [5, 5.41) is 0. The molecule has 6 nitrogen and oxygen atoms in total. The summed E-state index contributed by atoms with van der Waals surface area (Å²) in [5.41, 5.74) is -0.292. The maximum absolute atomic E-state index is 11.6. The number of aryl methyl sites for hydroxylation is 1. The predicted octanol–water partition coefficient (Wildman–Crippen LogP) is 2.55. The Morgan fingerprint density at radius 3 is 2.62 bits per heavy atom. The van der Waals surface area contributed by atoms with Gasteiger partial charge in [-0.3, -0.25) is 4.79 Å². The summed E-state index contributed by atoms with van der Waals surface area (Å²) >= 11 is 0. The molecule has 1 aliphatic heterocycles. The quantitative estimate of drug-likeness (QED) is 0.795. The molecule has 0 bridgehead atoms. The van der Waals surface area contributed by atoms with Crippen molar-refractivity contribution >= 4 is 11.8 Å². The second kappa shape index (κ2) is 5.61. The van der Waals surface area contributed by atoms with E-state index < -0.39 is 24.0 Å². The van der Waals surface area contributed by atoms with E-state index in [-0.39, 0.29) is 12.2 Å². The lowest BCUT2D eigenvalue weighted by Gasteiger charge is -2.21. The molecule has 1 fully saturated rings. The van der Waals surface area contributed by atoms with Gasteiger partial charge in [0, 0.05) is 0 Å². The van der Waals surface area contributed by atoms with E-state index in [9.17, 15) is 9.59 Å². The third-order valence-corrected chi connectivity index (χ3v) is 3.41. The van der Waals surface area contributed by atoms with Crippen LogP contribution >= 0.6 is 0 Å².